The summed E-state index contributed by atoms with van der Waals surface area (Å²) < 4.78 is 1.61. The lowest BCUT2D eigenvalue weighted by molar-refractivity contribution is -0.122. The van der Waals surface area contributed by atoms with Crippen LogP contribution in [0.4, 0.5) is 0 Å². The van der Waals surface area contributed by atoms with E-state index in [0.29, 0.717) is 17.8 Å². The van der Waals surface area contributed by atoms with E-state index in [1.807, 2.05) is 6.92 Å². The molecule has 0 fully saturated rings. The molecule has 0 radical (unpaired) electrons. The van der Waals surface area contributed by atoms with Crippen LogP contribution in [0, 0.1) is 6.92 Å². The molecule has 0 aliphatic carbocycles. The number of nitrogens with one attached hydrogen (secondary N) is 1. The van der Waals surface area contributed by atoms with Gasteiger partial charge in [-0.25, -0.2) is 0 Å². The number of aryl methyl sites for hydroxylation is 2. The largest absolute Gasteiger partial charge is 0.349 e. The van der Waals surface area contributed by atoms with Gasteiger partial charge in [0.25, 0.3) is 0 Å². The molecular weight excluding hydrogens is 244 g/mol. The predicted octanol–water partition coefficient (Wildman–Crippen LogP) is -0.165. The van der Waals surface area contributed by atoms with Gasteiger partial charge < -0.3 is 11.1 Å². The van der Waals surface area contributed by atoms with Crippen LogP contribution in [0.25, 0.3) is 0 Å². The SMILES string of the molecule is Cc1cnc(CNC(=O)C(N)c2cnn(C)c2)cn1. The molecule has 2 aromatic heterocycles. The molecule has 100 valence electrons. The van der Waals surface area contributed by atoms with Crippen LogP contribution < -0.4 is 11.1 Å². The summed E-state index contributed by atoms with van der Waals surface area (Å²) >= 11 is 0. The van der Waals surface area contributed by atoms with Gasteiger partial charge in [0.2, 0.25) is 5.91 Å². The molecule has 1 atom stereocenters. The van der Waals surface area contributed by atoms with E-state index in [0.717, 1.165) is 5.69 Å². The zero-order valence-electron chi connectivity index (χ0n) is 10.9. The molecule has 0 spiro atoms. The molecule has 2 heterocycles. The van der Waals surface area contributed by atoms with Crippen molar-refractivity contribution in [1.29, 1.82) is 0 Å². The van der Waals surface area contributed by atoms with E-state index in [9.17, 15) is 4.79 Å². The number of carbonyl (C=O) groups is 1. The summed E-state index contributed by atoms with van der Waals surface area (Å²) in [6.45, 7) is 2.16. The summed E-state index contributed by atoms with van der Waals surface area (Å²) in [7, 11) is 1.77. The molecule has 19 heavy (non-hydrogen) atoms. The first-order valence-corrected chi connectivity index (χ1v) is 5.85. The van der Waals surface area contributed by atoms with Crippen molar-refractivity contribution in [3.8, 4) is 0 Å². The van der Waals surface area contributed by atoms with Crippen molar-refractivity contribution in [2.24, 2.45) is 12.8 Å². The van der Waals surface area contributed by atoms with Gasteiger partial charge in [-0.2, -0.15) is 5.10 Å². The lowest BCUT2D eigenvalue weighted by Crippen LogP contribution is -2.33. The van der Waals surface area contributed by atoms with Gasteiger partial charge >= 0.3 is 0 Å². The van der Waals surface area contributed by atoms with Crippen molar-refractivity contribution < 1.29 is 4.79 Å². The summed E-state index contributed by atoms with van der Waals surface area (Å²) in [5.74, 6) is -0.268. The van der Waals surface area contributed by atoms with Crippen molar-refractivity contribution in [3.63, 3.8) is 0 Å². The molecule has 7 heteroatoms. The van der Waals surface area contributed by atoms with Gasteiger partial charge in [0, 0.05) is 25.0 Å². The monoisotopic (exact) mass is 260 g/mol. The molecule has 2 rings (SSSR count). The average Bonchev–Trinajstić information content (AvgIpc) is 2.83. The van der Waals surface area contributed by atoms with Crippen molar-refractivity contribution in [3.05, 3.63) is 41.7 Å². The number of aromatic nitrogens is 4. The van der Waals surface area contributed by atoms with Crippen LogP contribution in [0.2, 0.25) is 0 Å². The Morgan fingerprint density at radius 3 is 2.79 bits per heavy atom. The Balaban J connectivity index is 1.92. The van der Waals surface area contributed by atoms with Crippen LogP contribution in [0.1, 0.15) is 23.0 Å². The molecule has 1 unspecified atom stereocenters. The fraction of sp³-hybridized carbons (Fsp3) is 0.333. The fourth-order valence-corrected chi connectivity index (χ4v) is 1.55. The number of hydrogen-bond acceptors (Lipinski definition) is 5. The van der Waals surface area contributed by atoms with Crippen molar-refractivity contribution in [2.75, 3.05) is 0 Å². The Kier molecular flexibility index (Phi) is 3.86. The topological polar surface area (TPSA) is 98.7 Å². The molecule has 0 aromatic carbocycles. The van der Waals surface area contributed by atoms with Crippen LogP contribution in [0.15, 0.2) is 24.8 Å². The van der Waals surface area contributed by atoms with Crippen LogP contribution in [-0.4, -0.2) is 25.7 Å². The number of hydrogen-bond donors (Lipinski definition) is 2. The minimum absolute atomic E-state index is 0.268. The highest BCUT2D eigenvalue weighted by Gasteiger charge is 2.16. The van der Waals surface area contributed by atoms with Crippen LogP contribution in [-0.2, 0) is 18.4 Å². The maximum atomic E-state index is 11.9. The normalized spacial score (nSPS) is 12.2. The van der Waals surface area contributed by atoms with Gasteiger partial charge in [-0.3, -0.25) is 19.4 Å². The summed E-state index contributed by atoms with van der Waals surface area (Å²) in [5.41, 5.74) is 8.04. The Hall–Kier alpha value is -2.28. The molecule has 7 nitrogen and oxygen atoms in total. The standard InChI is InChI=1S/C12H16N6O/c1-8-3-15-10(5-14-8)6-16-12(19)11(13)9-4-17-18(2)7-9/h3-5,7,11H,6,13H2,1-2H3,(H,16,19). The van der Waals surface area contributed by atoms with Crippen LogP contribution in [0.5, 0.6) is 0 Å². The maximum absolute atomic E-state index is 11.9. The molecule has 0 bridgehead atoms. The third-order valence-electron chi connectivity index (χ3n) is 2.64. The molecule has 1 amide bonds. The lowest BCUT2D eigenvalue weighted by atomic mass is 10.1. The van der Waals surface area contributed by atoms with Gasteiger partial charge in [0.05, 0.1) is 30.3 Å². The number of amides is 1. The van der Waals surface area contributed by atoms with Crippen LogP contribution >= 0.6 is 0 Å². The third-order valence-corrected chi connectivity index (χ3v) is 2.64. The highest BCUT2D eigenvalue weighted by molar-refractivity contribution is 5.82. The molecule has 0 aliphatic rings. The molecule has 2 aromatic rings. The number of nitrogens with zero attached hydrogens (tertiary/aromatic N) is 4. The van der Waals surface area contributed by atoms with E-state index in [4.69, 9.17) is 5.73 Å². The van der Waals surface area contributed by atoms with Gasteiger partial charge in [-0.05, 0) is 6.92 Å². The molecule has 3 N–H and O–H groups in total. The second-order valence-electron chi connectivity index (χ2n) is 4.29. The van der Waals surface area contributed by atoms with Crippen LogP contribution in [0.3, 0.4) is 0 Å². The first kappa shape index (κ1) is 13.2. The summed E-state index contributed by atoms with van der Waals surface area (Å²) in [6, 6.07) is -0.730. The van der Waals surface area contributed by atoms with Gasteiger partial charge in [-0.15, -0.1) is 0 Å². The Morgan fingerprint density at radius 1 is 1.42 bits per heavy atom. The number of rotatable bonds is 4. The Labute approximate surface area is 110 Å². The third kappa shape index (κ3) is 3.35. The Bertz CT molecular complexity index is 562. The number of carbonyl (C=O) groups excluding carboxylic acids is 1. The Morgan fingerprint density at radius 2 is 2.21 bits per heavy atom. The highest BCUT2D eigenvalue weighted by Crippen LogP contribution is 2.08. The highest BCUT2D eigenvalue weighted by atomic mass is 16.2. The average molecular weight is 260 g/mol. The molecule has 0 saturated carbocycles. The van der Waals surface area contributed by atoms with Crippen molar-refractivity contribution in [2.45, 2.75) is 19.5 Å². The summed E-state index contributed by atoms with van der Waals surface area (Å²) in [5, 5.41) is 6.70. The fourth-order valence-electron chi connectivity index (χ4n) is 1.55. The minimum Gasteiger partial charge on any atom is -0.349 e. The van der Waals surface area contributed by atoms with E-state index < -0.39 is 6.04 Å². The second kappa shape index (κ2) is 5.57. The smallest absolute Gasteiger partial charge is 0.241 e. The van der Waals surface area contributed by atoms with Crippen molar-refractivity contribution in [1.82, 2.24) is 25.1 Å². The molecule has 0 aliphatic heterocycles. The lowest BCUT2D eigenvalue weighted by Gasteiger charge is -2.10. The van der Waals surface area contributed by atoms with E-state index in [-0.39, 0.29) is 5.91 Å². The maximum Gasteiger partial charge on any atom is 0.241 e. The van der Waals surface area contributed by atoms with E-state index in [2.05, 4.69) is 20.4 Å². The first-order chi connectivity index (χ1) is 9.06. The second-order valence-corrected chi connectivity index (χ2v) is 4.29. The quantitative estimate of drug-likeness (QED) is 0.795. The van der Waals surface area contributed by atoms with Gasteiger partial charge in [0.1, 0.15) is 6.04 Å². The zero-order chi connectivity index (χ0) is 13.8. The van der Waals surface area contributed by atoms with E-state index >= 15 is 0 Å². The van der Waals surface area contributed by atoms with Gasteiger partial charge in [0.15, 0.2) is 0 Å². The summed E-state index contributed by atoms with van der Waals surface area (Å²) in [4.78, 5) is 20.1. The van der Waals surface area contributed by atoms with Gasteiger partial charge in [-0.1, -0.05) is 0 Å². The first-order valence-electron chi connectivity index (χ1n) is 5.85. The minimum atomic E-state index is -0.730. The number of nitrogens with two attached hydrogens (primary N) is 1. The summed E-state index contributed by atoms with van der Waals surface area (Å²) in [6.07, 6.45) is 6.58. The van der Waals surface area contributed by atoms with E-state index in [1.165, 1.54) is 0 Å². The molecule has 0 saturated heterocycles. The van der Waals surface area contributed by atoms with E-state index in [1.54, 1.807) is 36.5 Å². The zero-order valence-corrected chi connectivity index (χ0v) is 10.9. The predicted molar refractivity (Wildman–Crippen MR) is 68.8 cm³/mol. The van der Waals surface area contributed by atoms with Crippen molar-refractivity contribution >= 4 is 5.91 Å². The molecular formula is C12H16N6O.